The molecule has 1 unspecified atom stereocenters. The third-order valence-electron chi connectivity index (χ3n) is 2.49. The Bertz CT molecular complexity index is 138. The fraction of sp³-hybridized carbons (Fsp3) is 0.889. The third-order valence-corrected chi connectivity index (χ3v) is 2.49. The standard InChI is InChI=1S/C9H17NO2/c11-7-3-6-10-5-2-1-4-9(10)8-12/h7,9,12H,1-6,8H2. The zero-order valence-electron chi connectivity index (χ0n) is 7.41. The molecule has 1 aliphatic rings. The van der Waals surface area contributed by atoms with Gasteiger partial charge < -0.3 is 9.90 Å². The number of hydrogen-bond donors (Lipinski definition) is 1. The molecule has 3 heteroatoms. The number of carbonyl (C=O) groups excluding carboxylic acids is 1. The molecule has 70 valence electrons. The maximum absolute atomic E-state index is 10.2. The van der Waals surface area contributed by atoms with Crippen molar-refractivity contribution >= 4 is 6.29 Å². The van der Waals surface area contributed by atoms with Gasteiger partial charge in [0.05, 0.1) is 6.61 Å². The van der Waals surface area contributed by atoms with E-state index in [9.17, 15) is 4.79 Å². The Balaban J connectivity index is 2.30. The minimum absolute atomic E-state index is 0.235. The summed E-state index contributed by atoms with van der Waals surface area (Å²) in [7, 11) is 0. The van der Waals surface area contributed by atoms with Crippen LogP contribution in [0.5, 0.6) is 0 Å². The summed E-state index contributed by atoms with van der Waals surface area (Å²) in [6.07, 6.45) is 5.03. The number of aliphatic hydroxyl groups excluding tert-OH is 1. The van der Waals surface area contributed by atoms with Crippen LogP contribution in [0, 0.1) is 0 Å². The molecule has 0 spiro atoms. The summed E-state index contributed by atoms with van der Waals surface area (Å²) in [5.74, 6) is 0. The van der Waals surface area contributed by atoms with E-state index in [1.807, 2.05) is 0 Å². The molecule has 12 heavy (non-hydrogen) atoms. The van der Waals surface area contributed by atoms with Crippen LogP contribution in [-0.2, 0) is 4.79 Å². The quantitative estimate of drug-likeness (QED) is 0.623. The maximum Gasteiger partial charge on any atom is 0.121 e. The number of hydrogen-bond acceptors (Lipinski definition) is 3. The summed E-state index contributed by atoms with van der Waals surface area (Å²) in [4.78, 5) is 12.4. The molecule has 1 heterocycles. The summed E-state index contributed by atoms with van der Waals surface area (Å²) in [5.41, 5.74) is 0. The van der Waals surface area contributed by atoms with E-state index in [1.165, 1.54) is 12.8 Å². The van der Waals surface area contributed by atoms with Crippen LogP contribution in [0.15, 0.2) is 0 Å². The number of aldehydes is 1. The molecule has 0 saturated carbocycles. The van der Waals surface area contributed by atoms with Crippen LogP contribution >= 0.6 is 0 Å². The van der Waals surface area contributed by atoms with Crippen molar-refractivity contribution in [1.82, 2.24) is 4.90 Å². The molecular weight excluding hydrogens is 154 g/mol. The van der Waals surface area contributed by atoms with Crippen LogP contribution in [-0.4, -0.2) is 42.0 Å². The lowest BCUT2D eigenvalue weighted by Gasteiger charge is -2.33. The highest BCUT2D eigenvalue weighted by Crippen LogP contribution is 2.16. The Morgan fingerprint density at radius 2 is 2.33 bits per heavy atom. The third kappa shape index (κ3) is 2.57. The average Bonchev–Trinajstić information content (AvgIpc) is 2.15. The number of aliphatic hydroxyl groups is 1. The van der Waals surface area contributed by atoms with Crippen molar-refractivity contribution in [2.24, 2.45) is 0 Å². The average molecular weight is 171 g/mol. The van der Waals surface area contributed by atoms with Gasteiger partial charge in [0.1, 0.15) is 6.29 Å². The van der Waals surface area contributed by atoms with E-state index in [0.29, 0.717) is 12.5 Å². The number of likely N-dealkylation sites (tertiary alicyclic amines) is 1. The number of nitrogens with zero attached hydrogens (tertiary/aromatic N) is 1. The minimum Gasteiger partial charge on any atom is -0.395 e. The Hall–Kier alpha value is -0.410. The minimum atomic E-state index is 0.235. The molecule has 1 rings (SSSR count). The molecule has 0 aliphatic carbocycles. The molecule has 0 aromatic carbocycles. The van der Waals surface area contributed by atoms with E-state index in [1.54, 1.807) is 0 Å². The van der Waals surface area contributed by atoms with Crippen molar-refractivity contribution < 1.29 is 9.90 Å². The lowest BCUT2D eigenvalue weighted by Crippen LogP contribution is -2.42. The second-order valence-electron chi connectivity index (χ2n) is 3.32. The smallest absolute Gasteiger partial charge is 0.121 e. The van der Waals surface area contributed by atoms with Gasteiger partial charge in [-0.3, -0.25) is 4.90 Å². The van der Waals surface area contributed by atoms with E-state index in [2.05, 4.69) is 4.90 Å². The Kier molecular flexibility index (Phi) is 4.25. The van der Waals surface area contributed by atoms with Crippen LogP contribution < -0.4 is 0 Å². The summed E-state index contributed by atoms with van der Waals surface area (Å²) in [6.45, 7) is 2.09. The van der Waals surface area contributed by atoms with E-state index < -0.39 is 0 Å². The molecule has 3 nitrogen and oxygen atoms in total. The molecule has 1 saturated heterocycles. The highest BCUT2D eigenvalue weighted by molar-refractivity contribution is 5.49. The van der Waals surface area contributed by atoms with Crippen molar-refractivity contribution in [1.29, 1.82) is 0 Å². The topological polar surface area (TPSA) is 40.5 Å². The van der Waals surface area contributed by atoms with Gasteiger partial charge in [-0.2, -0.15) is 0 Å². The maximum atomic E-state index is 10.2. The summed E-state index contributed by atoms with van der Waals surface area (Å²) in [5, 5.41) is 9.03. The Labute approximate surface area is 73.4 Å². The molecule has 1 fully saturated rings. The molecule has 1 N–H and O–H groups in total. The zero-order valence-corrected chi connectivity index (χ0v) is 7.41. The van der Waals surface area contributed by atoms with Gasteiger partial charge in [0.2, 0.25) is 0 Å². The van der Waals surface area contributed by atoms with Gasteiger partial charge in [-0.15, -0.1) is 0 Å². The molecule has 1 atom stereocenters. The second-order valence-corrected chi connectivity index (χ2v) is 3.32. The fourth-order valence-corrected chi connectivity index (χ4v) is 1.78. The van der Waals surface area contributed by atoms with Crippen molar-refractivity contribution in [3.8, 4) is 0 Å². The van der Waals surface area contributed by atoms with Gasteiger partial charge in [-0.1, -0.05) is 6.42 Å². The first-order chi connectivity index (χ1) is 5.88. The molecule has 0 amide bonds. The van der Waals surface area contributed by atoms with Crippen LogP contribution in [0.4, 0.5) is 0 Å². The van der Waals surface area contributed by atoms with Crippen molar-refractivity contribution in [3.05, 3.63) is 0 Å². The van der Waals surface area contributed by atoms with Gasteiger partial charge in [0.15, 0.2) is 0 Å². The van der Waals surface area contributed by atoms with Crippen LogP contribution in [0.3, 0.4) is 0 Å². The van der Waals surface area contributed by atoms with Crippen molar-refractivity contribution in [3.63, 3.8) is 0 Å². The largest absolute Gasteiger partial charge is 0.395 e. The van der Waals surface area contributed by atoms with Gasteiger partial charge in [0.25, 0.3) is 0 Å². The number of piperidine rings is 1. The fourth-order valence-electron chi connectivity index (χ4n) is 1.78. The summed E-state index contributed by atoms with van der Waals surface area (Å²) >= 11 is 0. The van der Waals surface area contributed by atoms with Gasteiger partial charge in [-0.25, -0.2) is 0 Å². The predicted molar refractivity (Wildman–Crippen MR) is 47.0 cm³/mol. The first kappa shape index (κ1) is 9.68. The van der Waals surface area contributed by atoms with Crippen molar-refractivity contribution in [2.75, 3.05) is 19.7 Å². The predicted octanol–water partition coefficient (Wildman–Crippen LogP) is 0.422. The summed E-state index contributed by atoms with van der Waals surface area (Å²) < 4.78 is 0. The van der Waals surface area contributed by atoms with Crippen molar-refractivity contribution in [2.45, 2.75) is 31.7 Å². The van der Waals surface area contributed by atoms with E-state index in [4.69, 9.17) is 5.11 Å². The summed E-state index contributed by atoms with van der Waals surface area (Å²) in [6, 6.07) is 0.304. The normalized spacial score (nSPS) is 25.6. The zero-order chi connectivity index (χ0) is 8.81. The Morgan fingerprint density at radius 3 is 3.00 bits per heavy atom. The molecule has 0 bridgehead atoms. The van der Waals surface area contributed by atoms with Crippen LogP contribution in [0.1, 0.15) is 25.7 Å². The van der Waals surface area contributed by atoms with Gasteiger partial charge in [-0.05, 0) is 19.4 Å². The van der Waals surface area contributed by atoms with Crippen LogP contribution in [0.25, 0.3) is 0 Å². The van der Waals surface area contributed by atoms with E-state index in [0.717, 1.165) is 25.8 Å². The first-order valence-corrected chi connectivity index (χ1v) is 4.67. The Morgan fingerprint density at radius 1 is 1.50 bits per heavy atom. The van der Waals surface area contributed by atoms with E-state index in [-0.39, 0.29) is 6.61 Å². The molecule has 1 aliphatic heterocycles. The first-order valence-electron chi connectivity index (χ1n) is 4.67. The lowest BCUT2D eigenvalue weighted by molar-refractivity contribution is -0.108. The molecule has 0 radical (unpaired) electrons. The molecule has 0 aromatic heterocycles. The number of rotatable bonds is 4. The van der Waals surface area contributed by atoms with Gasteiger partial charge >= 0.3 is 0 Å². The molecule has 0 aromatic rings. The van der Waals surface area contributed by atoms with E-state index >= 15 is 0 Å². The van der Waals surface area contributed by atoms with Gasteiger partial charge in [0, 0.05) is 19.0 Å². The molecular formula is C9H17NO2. The van der Waals surface area contributed by atoms with Crippen LogP contribution in [0.2, 0.25) is 0 Å². The second kappa shape index (κ2) is 5.27. The highest BCUT2D eigenvalue weighted by Gasteiger charge is 2.20. The monoisotopic (exact) mass is 171 g/mol. The lowest BCUT2D eigenvalue weighted by atomic mass is 10.0. The SMILES string of the molecule is O=CCCN1CCCCC1CO. The highest BCUT2D eigenvalue weighted by atomic mass is 16.3. The number of carbonyl (C=O) groups is 1.